The lowest BCUT2D eigenvalue weighted by atomic mass is 10.00. The highest BCUT2D eigenvalue weighted by atomic mass is 16.6. The molecule has 1 atom stereocenters. The van der Waals surface area contributed by atoms with Crippen LogP contribution in [0.5, 0.6) is 0 Å². The number of hydrogen-bond acceptors (Lipinski definition) is 14. The average molecular weight is 1170 g/mol. The first-order valence-electron chi connectivity index (χ1n) is 30.6. The van der Waals surface area contributed by atoms with Crippen molar-refractivity contribution in [2.75, 3.05) is 42.2 Å². The number of ether oxygens (including phenoxy) is 7. The van der Waals surface area contributed by atoms with Gasteiger partial charge in [0.1, 0.15) is 0 Å². The summed E-state index contributed by atoms with van der Waals surface area (Å²) >= 11 is 0. The van der Waals surface area contributed by atoms with Crippen LogP contribution in [0.2, 0.25) is 0 Å². The first kappa shape index (κ1) is 79.2. The number of methoxy groups -OCH3 is 5. The van der Waals surface area contributed by atoms with Crippen molar-refractivity contribution in [3.63, 3.8) is 0 Å². The van der Waals surface area contributed by atoms with Crippen LogP contribution in [0.25, 0.3) is 12.2 Å². The largest absolute Gasteiger partial charge is 0.469 e. The second-order valence-corrected chi connectivity index (χ2v) is 20.5. The zero-order valence-electron chi connectivity index (χ0n) is 53.0. The molecule has 0 bridgehead atoms. The third-order valence-electron chi connectivity index (χ3n) is 12.6. The van der Waals surface area contributed by atoms with Gasteiger partial charge in [0.05, 0.1) is 53.8 Å². The average Bonchev–Trinajstić information content (AvgIpc) is 3.95. The number of esters is 7. The van der Waals surface area contributed by atoms with Gasteiger partial charge in [0.15, 0.2) is 0 Å². The van der Waals surface area contributed by atoms with E-state index in [4.69, 9.17) is 9.47 Å². The molecule has 5 rings (SSSR count). The van der Waals surface area contributed by atoms with E-state index in [-0.39, 0.29) is 47.9 Å². The first-order valence-corrected chi connectivity index (χ1v) is 30.6. The van der Waals surface area contributed by atoms with Crippen molar-refractivity contribution in [2.24, 2.45) is 5.92 Å². The molecule has 14 heteroatoms. The lowest BCUT2D eigenvalue weighted by molar-refractivity contribution is -0.141. The summed E-state index contributed by atoms with van der Waals surface area (Å²) in [5, 5.41) is 0. The number of benzene rings is 3. The van der Waals surface area contributed by atoms with E-state index in [1.54, 1.807) is 36.4 Å². The Hall–Kier alpha value is -6.83. The highest BCUT2D eigenvalue weighted by Gasteiger charge is 2.17. The summed E-state index contributed by atoms with van der Waals surface area (Å²) in [6.45, 7) is 10.8. The number of carbonyl (C=O) groups excluding carboxylic acids is 7. The second kappa shape index (κ2) is 58.0. The van der Waals surface area contributed by atoms with Crippen LogP contribution in [-0.2, 0) is 61.9 Å². The minimum atomic E-state index is -0.334. The molecule has 2 aliphatic rings. The monoisotopic (exact) mass is 1170 g/mol. The minimum absolute atomic E-state index is 0.0486. The quantitative estimate of drug-likeness (QED) is 0.0289. The summed E-state index contributed by atoms with van der Waals surface area (Å²) in [4.78, 5) is 75.2. The summed E-state index contributed by atoms with van der Waals surface area (Å²) in [5.41, 5.74) is 3.43. The first-order chi connectivity index (χ1) is 40.6. The molecule has 0 amide bonds. The zero-order chi connectivity index (χ0) is 62.7. The van der Waals surface area contributed by atoms with E-state index in [1.165, 1.54) is 144 Å². The van der Waals surface area contributed by atoms with E-state index in [0.717, 1.165) is 68.1 Å². The molecule has 1 heterocycles. The van der Waals surface area contributed by atoms with Gasteiger partial charge in [-0.3, -0.25) is 14.4 Å². The van der Waals surface area contributed by atoms with Crippen molar-refractivity contribution in [1.82, 2.24) is 0 Å². The Morgan fingerprint density at radius 1 is 0.512 bits per heavy atom. The standard InChI is InChI=1S/C19H38O2.C13H16O2.C10H10O2.C8H12O2.C8H8O2.C7H14O2.C5H8O2/c1-3-4-5-6-7-8-9-10-11-12-13-14-15-16-17-18-19(20)21-2;1-11(2)10-15-13(14)9-8-12-6-4-3-5-7-12;1-12-10(11)8-7-9-5-3-2-4-6-9;2*1-10-8(9)7-5-3-2-4-6-7;1-3-4-5-6-7(8)9-2;1-4-2-3-5(6)7-4/h3-18H2,1-2H3;3-9,11H,10H2,1-2H3;2-8H,1H3;5H,2-4,6H2,1H3;2-6H,1H3;3-6H2,1-2H3;4H,2-3H2,1H3/b;9-8+;8-7+;;;;. The van der Waals surface area contributed by atoms with Gasteiger partial charge in [-0.25, -0.2) is 19.2 Å². The molecule has 0 radical (unpaired) electrons. The van der Waals surface area contributed by atoms with Crippen molar-refractivity contribution in [2.45, 2.75) is 208 Å². The fourth-order valence-corrected chi connectivity index (χ4v) is 7.70. The van der Waals surface area contributed by atoms with Crippen LogP contribution in [0.4, 0.5) is 0 Å². The van der Waals surface area contributed by atoms with Crippen molar-refractivity contribution in [3.8, 4) is 0 Å². The molecule has 84 heavy (non-hydrogen) atoms. The fourth-order valence-electron chi connectivity index (χ4n) is 7.70. The number of unbranched alkanes of at least 4 members (excludes halogenated alkanes) is 16. The van der Waals surface area contributed by atoms with Gasteiger partial charge in [-0.15, -0.1) is 0 Å². The molecule has 1 aliphatic carbocycles. The number of hydrogen-bond donors (Lipinski definition) is 0. The van der Waals surface area contributed by atoms with Crippen molar-refractivity contribution >= 4 is 53.9 Å². The van der Waals surface area contributed by atoms with Gasteiger partial charge in [-0.1, -0.05) is 215 Å². The van der Waals surface area contributed by atoms with Crippen molar-refractivity contribution < 1.29 is 66.7 Å². The molecule has 0 N–H and O–H groups in total. The Kier molecular flexibility index (Phi) is 54.7. The van der Waals surface area contributed by atoms with E-state index in [2.05, 4.69) is 37.5 Å². The van der Waals surface area contributed by atoms with Crippen LogP contribution in [0.15, 0.2) is 115 Å². The summed E-state index contributed by atoms with van der Waals surface area (Å²) in [7, 11) is 7.05. The van der Waals surface area contributed by atoms with Crippen LogP contribution >= 0.6 is 0 Å². The van der Waals surface area contributed by atoms with Crippen LogP contribution < -0.4 is 0 Å². The Morgan fingerprint density at radius 2 is 0.929 bits per heavy atom. The molecule has 14 nitrogen and oxygen atoms in total. The molecular formula is C70H106O14. The number of rotatable bonds is 28. The molecule has 3 aromatic rings. The maximum atomic E-state index is 11.2. The van der Waals surface area contributed by atoms with Gasteiger partial charge in [-0.2, -0.15) is 0 Å². The number of allylic oxidation sites excluding steroid dienone is 1. The SMILES string of the molecule is CC(C)COC(=O)/C=C/c1ccccc1.CC1CCC(=O)O1.CCCCCC(=O)OC.CCCCCCCCCCCCCCCCCC(=O)OC.COC(=O)/C=C/c1ccccc1.COC(=O)C1=CCCCC1.COC(=O)c1ccccc1. The molecule has 0 spiro atoms. The van der Waals surface area contributed by atoms with Gasteiger partial charge < -0.3 is 33.2 Å². The van der Waals surface area contributed by atoms with Gasteiger partial charge in [0.25, 0.3) is 0 Å². The van der Waals surface area contributed by atoms with Gasteiger partial charge >= 0.3 is 41.8 Å². The molecule has 1 saturated heterocycles. The smallest absolute Gasteiger partial charge is 0.337 e. The Morgan fingerprint density at radius 3 is 1.29 bits per heavy atom. The van der Waals surface area contributed by atoms with E-state index in [0.29, 0.717) is 37.4 Å². The van der Waals surface area contributed by atoms with Crippen LogP contribution in [-0.4, -0.2) is 90.0 Å². The Balaban J connectivity index is 0. The van der Waals surface area contributed by atoms with Crippen LogP contribution in [0.3, 0.4) is 0 Å². The van der Waals surface area contributed by atoms with Crippen molar-refractivity contribution in [1.29, 1.82) is 0 Å². The summed E-state index contributed by atoms with van der Waals surface area (Å²) in [5.74, 6) is -0.897. The maximum absolute atomic E-state index is 11.2. The minimum Gasteiger partial charge on any atom is -0.469 e. The molecule has 470 valence electrons. The van der Waals surface area contributed by atoms with E-state index >= 15 is 0 Å². The lowest BCUT2D eigenvalue weighted by Crippen LogP contribution is -2.06. The van der Waals surface area contributed by atoms with E-state index in [9.17, 15) is 33.6 Å². The molecular weight excluding hydrogens is 1060 g/mol. The molecule has 3 aromatic carbocycles. The van der Waals surface area contributed by atoms with E-state index < -0.39 is 0 Å². The topological polar surface area (TPSA) is 184 Å². The van der Waals surface area contributed by atoms with Crippen molar-refractivity contribution in [3.05, 3.63) is 131 Å². The fraction of sp³-hybridized carbons (Fsp3) is 0.557. The van der Waals surface area contributed by atoms with Gasteiger partial charge in [0.2, 0.25) is 0 Å². The third-order valence-corrected chi connectivity index (χ3v) is 12.6. The highest BCUT2D eigenvalue weighted by Crippen LogP contribution is 2.18. The predicted octanol–water partition coefficient (Wildman–Crippen LogP) is 16.8. The zero-order valence-corrected chi connectivity index (χ0v) is 53.0. The molecule has 0 saturated carbocycles. The normalized spacial score (nSPS) is 12.8. The summed E-state index contributed by atoms with van der Waals surface area (Å²) in [6, 6.07) is 28.1. The van der Waals surface area contributed by atoms with Crippen LogP contribution in [0.1, 0.15) is 223 Å². The van der Waals surface area contributed by atoms with Gasteiger partial charge in [-0.05, 0) is 93.2 Å². The molecule has 1 fully saturated rings. The summed E-state index contributed by atoms with van der Waals surface area (Å²) < 4.78 is 32.3. The Labute approximate surface area is 505 Å². The highest BCUT2D eigenvalue weighted by molar-refractivity contribution is 5.89. The molecule has 1 unspecified atom stereocenters. The maximum Gasteiger partial charge on any atom is 0.337 e. The number of carbonyl (C=O) groups is 7. The number of cyclic esters (lactones) is 1. The second-order valence-electron chi connectivity index (χ2n) is 20.5. The molecule has 1 aliphatic heterocycles. The molecule has 0 aromatic heterocycles. The third kappa shape index (κ3) is 52.0. The Bertz CT molecular complexity index is 2200. The van der Waals surface area contributed by atoms with E-state index in [1.807, 2.05) is 93.6 Å². The lowest BCUT2D eigenvalue weighted by Gasteiger charge is -2.09. The predicted molar refractivity (Wildman–Crippen MR) is 338 cm³/mol. The van der Waals surface area contributed by atoms with Crippen LogP contribution in [0, 0.1) is 5.92 Å². The van der Waals surface area contributed by atoms with Gasteiger partial charge in [0, 0.05) is 37.0 Å². The summed E-state index contributed by atoms with van der Waals surface area (Å²) in [6.07, 6.45) is 39.0.